The van der Waals surface area contributed by atoms with Gasteiger partial charge >= 0.3 is 0 Å². The molecule has 0 radical (unpaired) electrons. The molecule has 4 rings (SSSR count). The highest BCUT2D eigenvalue weighted by atomic mass is 19.1. The van der Waals surface area contributed by atoms with E-state index in [1.54, 1.807) is 25.3 Å². The molecule has 0 aliphatic rings. The summed E-state index contributed by atoms with van der Waals surface area (Å²) in [5.74, 6) is -0.781. The van der Waals surface area contributed by atoms with Crippen LogP contribution < -0.4 is 10.9 Å². The van der Waals surface area contributed by atoms with E-state index < -0.39 is 5.91 Å². The zero-order valence-electron chi connectivity index (χ0n) is 15.9. The Morgan fingerprint density at radius 1 is 1.00 bits per heavy atom. The van der Waals surface area contributed by atoms with Crippen molar-refractivity contribution in [3.05, 3.63) is 100 Å². The first kappa shape index (κ1) is 18.7. The highest BCUT2D eigenvalue weighted by Crippen LogP contribution is 2.15. The molecule has 6 heteroatoms. The fraction of sp³-hybridized carbons (Fsp3) is 0.130. The largest absolute Gasteiger partial charge is 0.339 e. The van der Waals surface area contributed by atoms with Gasteiger partial charge in [-0.05, 0) is 42.3 Å². The number of carbonyl (C=O) groups is 1. The minimum absolute atomic E-state index is 0.152. The van der Waals surface area contributed by atoms with Crippen molar-refractivity contribution in [2.75, 3.05) is 5.32 Å². The molecule has 0 atom stereocenters. The van der Waals surface area contributed by atoms with Crippen molar-refractivity contribution in [2.45, 2.75) is 20.0 Å². The van der Waals surface area contributed by atoms with Crippen molar-refractivity contribution in [3.8, 4) is 0 Å². The van der Waals surface area contributed by atoms with E-state index in [1.165, 1.54) is 10.6 Å². The summed E-state index contributed by atoms with van der Waals surface area (Å²) < 4.78 is 16.9. The summed E-state index contributed by atoms with van der Waals surface area (Å²) in [6.45, 7) is 2.07. The molecule has 0 aliphatic heterocycles. The van der Waals surface area contributed by atoms with Gasteiger partial charge in [0.15, 0.2) is 0 Å². The lowest BCUT2D eigenvalue weighted by Gasteiger charge is -2.10. The molecule has 0 spiro atoms. The summed E-state index contributed by atoms with van der Waals surface area (Å²) in [6, 6.07) is 18.1. The van der Waals surface area contributed by atoms with Crippen LogP contribution in [0.25, 0.3) is 10.9 Å². The Morgan fingerprint density at radius 3 is 2.45 bits per heavy atom. The van der Waals surface area contributed by atoms with Crippen molar-refractivity contribution in [1.29, 1.82) is 0 Å². The number of hydrogen-bond acceptors (Lipinski definition) is 2. The van der Waals surface area contributed by atoms with Gasteiger partial charge in [0.05, 0.1) is 0 Å². The van der Waals surface area contributed by atoms with E-state index in [0.717, 1.165) is 10.9 Å². The Balaban J connectivity index is 1.58. The van der Waals surface area contributed by atoms with Crippen molar-refractivity contribution < 1.29 is 9.18 Å². The second kappa shape index (κ2) is 7.75. The third-order valence-electron chi connectivity index (χ3n) is 4.86. The molecule has 29 heavy (non-hydrogen) atoms. The molecular formula is C23H20FN3O2. The minimum Gasteiger partial charge on any atom is -0.339 e. The molecular weight excluding hydrogens is 369 g/mol. The molecule has 0 saturated carbocycles. The normalized spacial score (nSPS) is 11.0. The lowest BCUT2D eigenvalue weighted by atomic mass is 10.2. The number of hydrogen-bond donors (Lipinski definition) is 1. The van der Waals surface area contributed by atoms with Gasteiger partial charge in [0, 0.05) is 30.0 Å². The predicted octanol–water partition coefficient (Wildman–Crippen LogP) is 3.94. The maximum atomic E-state index is 13.7. The average Bonchev–Trinajstić information content (AvgIpc) is 3.11. The molecule has 146 valence electrons. The Hall–Kier alpha value is -3.67. The summed E-state index contributed by atoms with van der Waals surface area (Å²) in [5.41, 5.74) is 2.25. The molecule has 4 aromatic rings. The van der Waals surface area contributed by atoms with Crippen LogP contribution in [0.2, 0.25) is 0 Å². The molecule has 5 nitrogen and oxygen atoms in total. The van der Waals surface area contributed by atoms with E-state index in [0.29, 0.717) is 23.3 Å². The molecule has 2 aromatic carbocycles. The molecule has 0 saturated heterocycles. The monoisotopic (exact) mass is 389 g/mol. The van der Waals surface area contributed by atoms with E-state index in [-0.39, 0.29) is 17.9 Å². The van der Waals surface area contributed by atoms with E-state index >= 15 is 0 Å². The minimum atomic E-state index is -0.393. The van der Waals surface area contributed by atoms with E-state index in [4.69, 9.17) is 0 Å². The summed E-state index contributed by atoms with van der Waals surface area (Å²) in [4.78, 5) is 25.4. The number of anilines is 1. The van der Waals surface area contributed by atoms with Gasteiger partial charge in [-0.15, -0.1) is 0 Å². The number of halogens is 1. The zero-order chi connectivity index (χ0) is 20.4. The molecule has 2 heterocycles. The summed E-state index contributed by atoms with van der Waals surface area (Å²) in [7, 11) is 0. The molecule has 0 aliphatic carbocycles. The van der Waals surface area contributed by atoms with Crippen LogP contribution in [-0.4, -0.2) is 15.0 Å². The van der Waals surface area contributed by atoms with E-state index in [2.05, 4.69) is 5.32 Å². The highest BCUT2D eigenvalue weighted by molar-refractivity contribution is 5.90. The van der Waals surface area contributed by atoms with Crippen LogP contribution in [0.5, 0.6) is 0 Å². The van der Waals surface area contributed by atoms with E-state index in [9.17, 15) is 14.0 Å². The highest BCUT2D eigenvalue weighted by Gasteiger charge is 2.12. The average molecular weight is 389 g/mol. The second-order valence-electron chi connectivity index (χ2n) is 6.99. The SMILES string of the molecule is Cc1ccc(NC(=O)Cn2ccc3ccn(Cc4ccccc4)c3c2=O)cc1F. The van der Waals surface area contributed by atoms with Gasteiger partial charge in [-0.25, -0.2) is 4.39 Å². The number of benzene rings is 2. The third-order valence-corrected chi connectivity index (χ3v) is 4.86. The molecule has 0 unspecified atom stereocenters. The van der Waals surface area contributed by atoms with Gasteiger partial charge in [0.2, 0.25) is 5.91 Å². The van der Waals surface area contributed by atoms with Gasteiger partial charge in [-0.2, -0.15) is 0 Å². The van der Waals surface area contributed by atoms with Crippen LogP contribution in [0, 0.1) is 12.7 Å². The quantitative estimate of drug-likeness (QED) is 0.562. The number of pyridine rings is 1. The summed E-state index contributed by atoms with van der Waals surface area (Å²) in [5, 5.41) is 3.46. The smallest absolute Gasteiger partial charge is 0.275 e. The Morgan fingerprint density at radius 2 is 1.72 bits per heavy atom. The van der Waals surface area contributed by atoms with E-state index in [1.807, 2.05) is 53.2 Å². The molecule has 1 N–H and O–H groups in total. The Bertz CT molecular complexity index is 1240. The predicted molar refractivity (Wildman–Crippen MR) is 112 cm³/mol. The number of aromatic nitrogens is 2. The fourth-order valence-corrected chi connectivity index (χ4v) is 3.31. The second-order valence-corrected chi connectivity index (χ2v) is 6.99. The number of aryl methyl sites for hydroxylation is 1. The van der Waals surface area contributed by atoms with Crippen LogP contribution in [0.15, 0.2) is 77.9 Å². The first-order valence-electron chi connectivity index (χ1n) is 9.29. The Kier molecular flexibility index (Phi) is 4.99. The lowest BCUT2D eigenvalue weighted by molar-refractivity contribution is -0.116. The maximum absolute atomic E-state index is 13.7. The van der Waals surface area contributed by atoms with Gasteiger partial charge < -0.3 is 14.5 Å². The standard InChI is InChI=1S/C23H20FN3O2/c1-16-7-8-19(13-20(16)24)25-21(28)15-27-12-10-18-9-11-26(22(18)23(27)29)14-17-5-3-2-4-6-17/h2-13H,14-15H2,1H3,(H,25,28). The van der Waals surface area contributed by atoms with Crippen LogP contribution in [-0.2, 0) is 17.9 Å². The molecule has 0 bridgehead atoms. The molecule has 1 amide bonds. The number of nitrogens with zero attached hydrogens (tertiary/aromatic N) is 2. The van der Waals surface area contributed by atoms with Gasteiger partial charge in [0.25, 0.3) is 5.56 Å². The van der Waals surface area contributed by atoms with Crippen molar-refractivity contribution in [1.82, 2.24) is 9.13 Å². The maximum Gasteiger partial charge on any atom is 0.275 e. The Labute approximate surface area is 167 Å². The third kappa shape index (κ3) is 3.96. The number of nitrogens with one attached hydrogen (secondary N) is 1. The fourth-order valence-electron chi connectivity index (χ4n) is 3.31. The van der Waals surface area contributed by atoms with Crippen LogP contribution in [0.1, 0.15) is 11.1 Å². The first-order chi connectivity index (χ1) is 14.0. The number of amides is 1. The van der Waals surface area contributed by atoms with Crippen LogP contribution in [0.4, 0.5) is 10.1 Å². The number of fused-ring (bicyclic) bond motifs is 1. The summed E-state index contributed by atoms with van der Waals surface area (Å²) >= 11 is 0. The van der Waals surface area contributed by atoms with Crippen molar-refractivity contribution >= 4 is 22.5 Å². The molecule has 0 fully saturated rings. The first-order valence-corrected chi connectivity index (χ1v) is 9.29. The van der Waals surface area contributed by atoms with Crippen molar-refractivity contribution in [2.24, 2.45) is 0 Å². The van der Waals surface area contributed by atoms with Gasteiger partial charge in [0.1, 0.15) is 17.9 Å². The van der Waals surface area contributed by atoms with Crippen LogP contribution >= 0.6 is 0 Å². The zero-order valence-corrected chi connectivity index (χ0v) is 15.9. The van der Waals surface area contributed by atoms with Crippen molar-refractivity contribution in [3.63, 3.8) is 0 Å². The van der Waals surface area contributed by atoms with Gasteiger partial charge in [-0.1, -0.05) is 36.4 Å². The van der Waals surface area contributed by atoms with Crippen LogP contribution in [0.3, 0.4) is 0 Å². The summed E-state index contributed by atoms with van der Waals surface area (Å²) in [6.07, 6.45) is 3.48. The topological polar surface area (TPSA) is 56.0 Å². The number of carbonyl (C=O) groups excluding carboxylic acids is 1. The van der Waals surface area contributed by atoms with Gasteiger partial charge in [-0.3, -0.25) is 9.59 Å². The lowest BCUT2D eigenvalue weighted by Crippen LogP contribution is -2.28. The molecule has 2 aromatic heterocycles. The number of rotatable bonds is 5.